The van der Waals surface area contributed by atoms with Crippen molar-refractivity contribution in [2.75, 3.05) is 32.7 Å². The summed E-state index contributed by atoms with van der Waals surface area (Å²) in [6, 6.07) is 7.51. The summed E-state index contributed by atoms with van der Waals surface area (Å²) in [4.78, 5) is 20.9. The van der Waals surface area contributed by atoms with E-state index in [-0.39, 0.29) is 5.91 Å². The predicted octanol–water partition coefficient (Wildman–Crippen LogP) is 2.14. The second-order valence-corrected chi connectivity index (χ2v) is 6.79. The number of fused-ring (bicyclic) bond motifs is 1. The molecule has 134 valence electrons. The van der Waals surface area contributed by atoms with E-state index in [4.69, 9.17) is 11.6 Å². The molecule has 3 aliphatic heterocycles. The molecular formula is C19H20ClN5O. The lowest BCUT2D eigenvalue weighted by Gasteiger charge is -2.37. The summed E-state index contributed by atoms with van der Waals surface area (Å²) in [5.41, 5.74) is 1.93. The van der Waals surface area contributed by atoms with Crippen molar-refractivity contribution >= 4 is 29.7 Å². The molecule has 3 aliphatic rings. The fourth-order valence-electron chi connectivity index (χ4n) is 3.23. The average molecular weight is 370 g/mol. The van der Waals surface area contributed by atoms with Crippen LogP contribution in [0.15, 0.2) is 58.3 Å². The molecule has 0 aromatic heterocycles. The van der Waals surface area contributed by atoms with E-state index < -0.39 is 0 Å². The van der Waals surface area contributed by atoms with Crippen molar-refractivity contribution in [3.63, 3.8) is 0 Å². The van der Waals surface area contributed by atoms with Crippen LogP contribution in [0.1, 0.15) is 5.56 Å². The molecule has 0 N–H and O–H groups in total. The maximum atomic E-state index is 12.6. The van der Waals surface area contributed by atoms with E-state index in [9.17, 15) is 4.79 Å². The van der Waals surface area contributed by atoms with Crippen LogP contribution in [-0.4, -0.2) is 65.6 Å². The minimum Gasteiger partial charge on any atom is -0.352 e. The summed E-state index contributed by atoms with van der Waals surface area (Å²) in [5.74, 6) is 1.03. The summed E-state index contributed by atoms with van der Waals surface area (Å²) in [6.45, 7) is 3.61. The number of aliphatic imine (C=N–C) groups is 1. The van der Waals surface area contributed by atoms with Gasteiger partial charge in [-0.25, -0.2) is 5.01 Å². The van der Waals surface area contributed by atoms with Gasteiger partial charge < -0.3 is 9.80 Å². The Labute approximate surface area is 157 Å². The van der Waals surface area contributed by atoms with Crippen LogP contribution in [-0.2, 0) is 11.2 Å². The molecule has 0 saturated carbocycles. The highest BCUT2D eigenvalue weighted by Gasteiger charge is 2.24. The lowest BCUT2D eigenvalue weighted by Crippen LogP contribution is -2.51. The number of nitrogens with zero attached hydrogens (tertiary/aromatic N) is 5. The number of hydrogen-bond acceptors (Lipinski definition) is 5. The summed E-state index contributed by atoms with van der Waals surface area (Å²) in [5, 5.41) is 7.07. The zero-order valence-electron chi connectivity index (χ0n) is 14.4. The van der Waals surface area contributed by atoms with E-state index in [0.717, 1.165) is 30.2 Å². The maximum absolute atomic E-state index is 12.6. The third-order valence-electron chi connectivity index (χ3n) is 4.73. The summed E-state index contributed by atoms with van der Waals surface area (Å²) in [6.07, 6.45) is 8.23. The van der Waals surface area contributed by atoms with Crippen molar-refractivity contribution in [1.29, 1.82) is 0 Å². The molecule has 1 aromatic rings. The van der Waals surface area contributed by atoms with Crippen LogP contribution in [0.2, 0.25) is 5.02 Å². The molecule has 7 heteroatoms. The lowest BCUT2D eigenvalue weighted by molar-refractivity contribution is -0.131. The molecule has 1 saturated heterocycles. The highest BCUT2D eigenvalue weighted by molar-refractivity contribution is 6.31. The maximum Gasteiger partial charge on any atom is 0.227 e. The van der Waals surface area contributed by atoms with Gasteiger partial charge in [0.2, 0.25) is 5.91 Å². The first kappa shape index (κ1) is 16.8. The van der Waals surface area contributed by atoms with Crippen LogP contribution in [0.5, 0.6) is 0 Å². The molecule has 26 heavy (non-hydrogen) atoms. The lowest BCUT2D eigenvalue weighted by atomic mass is 10.1. The zero-order valence-corrected chi connectivity index (χ0v) is 15.1. The highest BCUT2D eigenvalue weighted by Crippen LogP contribution is 2.18. The van der Waals surface area contributed by atoms with E-state index in [1.54, 1.807) is 11.3 Å². The first-order chi connectivity index (χ1) is 12.7. The third kappa shape index (κ3) is 3.51. The quantitative estimate of drug-likeness (QED) is 0.802. The molecule has 0 unspecified atom stereocenters. The van der Waals surface area contributed by atoms with Gasteiger partial charge in [0, 0.05) is 31.2 Å². The fourth-order valence-corrected chi connectivity index (χ4v) is 3.44. The molecule has 0 spiro atoms. The number of carbonyl (C=O) groups is 1. The van der Waals surface area contributed by atoms with Crippen molar-refractivity contribution in [3.05, 3.63) is 58.8 Å². The van der Waals surface area contributed by atoms with E-state index in [2.05, 4.69) is 21.1 Å². The molecule has 3 heterocycles. The Morgan fingerprint density at radius 2 is 1.92 bits per heavy atom. The van der Waals surface area contributed by atoms with Crippen LogP contribution < -0.4 is 0 Å². The van der Waals surface area contributed by atoms with Crippen molar-refractivity contribution in [2.45, 2.75) is 6.42 Å². The van der Waals surface area contributed by atoms with Gasteiger partial charge in [-0.05, 0) is 29.9 Å². The number of rotatable bonds is 2. The zero-order chi connectivity index (χ0) is 17.9. The Morgan fingerprint density at radius 3 is 2.73 bits per heavy atom. The first-order valence-corrected chi connectivity index (χ1v) is 9.11. The molecule has 6 nitrogen and oxygen atoms in total. The van der Waals surface area contributed by atoms with Crippen molar-refractivity contribution in [1.82, 2.24) is 14.8 Å². The van der Waals surface area contributed by atoms with Gasteiger partial charge in [-0.3, -0.25) is 9.79 Å². The molecule has 0 aliphatic carbocycles. The molecule has 1 fully saturated rings. The number of halogens is 1. The largest absolute Gasteiger partial charge is 0.352 e. The van der Waals surface area contributed by atoms with Crippen molar-refractivity contribution in [3.8, 4) is 0 Å². The molecule has 0 radical (unpaired) electrons. The van der Waals surface area contributed by atoms with Crippen LogP contribution in [0.25, 0.3) is 0 Å². The van der Waals surface area contributed by atoms with Crippen molar-refractivity contribution < 1.29 is 4.79 Å². The van der Waals surface area contributed by atoms with Gasteiger partial charge >= 0.3 is 0 Å². The number of piperazine rings is 1. The first-order valence-electron chi connectivity index (χ1n) is 8.73. The fraction of sp³-hybridized carbons (Fsp3) is 0.316. The van der Waals surface area contributed by atoms with E-state index in [1.165, 1.54) is 0 Å². The SMILES string of the molecule is O=C(Cc1ccccc1Cl)N1CCN(C2=NN3C=NCC=C3C=C2)CC1. The number of hydrogen-bond donors (Lipinski definition) is 0. The minimum atomic E-state index is 0.118. The van der Waals surface area contributed by atoms with Crippen molar-refractivity contribution in [2.24, 2.45) is 10.1 Å². The van der Waals surface area contributed by atoms with Crippen LogP contribution in [0.4, 0.5) is 0 Å². The molecular weight excluding hydrogens is 350 g/mol. The Hall–Kier alpha value is -2.60. The Balaban J connectivity index is 1.35. The van der Waals surface area contributed by atoms with Gasteiger partial charge in [0.25, 0.3) is 0 Å². The molecule has 1 amide bonds. The predicted molar refractivity (Wildman–Crippen MR) is 103 cm³/mol. The van der Waals surface area contributed by atoms with Crippen LogP contribution in [0, 0.1) is 0 Å². The summed E-state index contributed by atoms with van der Waals surface area (Å²) >= 11 is 6.17. The normalized spacial score (nSPS) is 19.2. The number of carbonyl (C=O) groups excluding carboxylic acids is 1. The van der Waals surface area contributed by atoms with Crippen LogP contribution >= 0.6 is 11.6 Å². The summed E-state index contributed by atoms with van der Waals surface area (Å²) < 4.78 is 0. The number of hydrazone groups is 1. The van der Waals surface area contributed by atoms with Crippen LogP contribution in [0.3, 0.4) is 0 Å². The second kappa shape index (κ2) is 7.33. The van der Waals surface area contributed by atoms with E-state index in [1.807, 2.05) is 41.3 Å². The second-order valence-electron chi connectivity index (χ2n) is 6.38. The van der Waals surface area contributed by atoms with E-state index >= 15 is 0 Å². The standard InChI is InChI=1S/C19H20ClN5O/c20-17-4-2-1-3-15(17)13-19(26)24-11-9-23(10-12-24)18-6-5-16-7-8-21-14-25(16)22-18/h1-7,14H,8-13H2. The van der Waals surface area contributed by atoms with E-state index in [0.29, 0.717) is 31.1 Å². The monoisotopic (exact) mass is 369 g/mol. The Kier molecular flexibility index (Phi) is 4.75. The minimum absolute atomic E-state index is 0.118. The average Bonchev–Trinajstić information content (AvgIpc) is 2.69. The number of amides is 1. The van der Waals surface area contributed by atoms with Gasteiger partial charge in [-0.1, -0.05) is 29.8 Å². The third-order valence-corrected chi connectivity index (χ3v) is 5.10. The number of benzene rings is 1. The van der Waals surface area contributed by atoms with Gasteiger partial charge in [-0.2, -0.15) is 0 Å². The van der Waals surface area contributed by atoms with Gasteiger partial charge in [0.1, 0.15) is 12.2 Å². The molecule has 4 rings (SSSR count). The Morgan fingerprint density at radius 1 is 1.12 bits per heavy atom. The Bertz CT molecular complexity index is 821. The van der Waals surface area contributed by atoms with Gasteiger partial charge in [-0.15, -0.1) is 5.10 Å². The van der Waals surface area contributed by atoms with Gasteiger partial charge in [0.15, 0.2) is 0 Å². The molecule has 0 atom stereocenters. The molecule has 1 aromatic carbocycles. The smallest absolute Gasteiger partial charge is 0.227 e. The highest BCUT2D eigenvalue weighted by atomic mass is 35.5. The molecule has 0 bridgehead atoms. The number of allylic oxidation sites excluding steroid dienone is 1. The van der Waals surface area contributed by atoms with Gasteiger partial charge in [0.05, 0.1) is 18.7 Å². The number of amidine groups is 1. The summed E-state index contributed by atoms with van der Waals surface area (Å²) in [7, 11) is 0. The topological polar surface area (TPSA) is 51.5 Å².